The molecule has 0 unspecified atom stereocenters. The van der Waals surface area contributed by atoms with Crippen molar-refractivity contribution in [3.05, 3.63) is 0 Å². The molecule has 0 N–H and O–H groups in total. The normalized spacial score (nSPS) is 12.0. The van der Waals surface area contributed by atoms with Gasteiger partial charge in [0.1, 0.15) is 0 Å². The highest BCUT2D eigenvalue weighted by molar-refractivity contribution is 7.98. The van der Waals surface area contributed by atoms with Gasteiger partial charge < -0.3 is 4.74 Å². The Balaban J connectivity index is 3.28. The third-order valence-corrected chi connectivity index (χ3v) is 2.21. The fourth-order valence-corrected chi connectivity index (χ4v) is 0.753. The van der Waals surface area contributed by atoms with E-state index in [-0.39, 0.29) is 5.60 Å². The molecule has 0 spiro atoms. The third-order valence-electron chi connectivity index (χ3n) is 1.63. The maximum atomic E-state index is 5.60. The summed E-state index contributed by atoms with van der Waals surface area (Å²) in [6.45, 7) is 7.29. The number of rotatable bonds is 5. The van der Waals surface area contributed by atoms with Crippen molar-refractivity contribution in [2.24, 2.45) is 0 Å². The van der Waals surface area contributed by atoms with Crippen LogP contribution >= 0.6 is 11.8 Å². The first kappa shape index (κ1) is 10.3. The van der Waals surface area contributed by atoms with Crippen molar-refractivity contribution < 1.29 is 4.74 Å². The van der Waals surface area contributed by atoms with Gasteiger partial charge in [-0.25, -0.2) is 0 Å². The molecule has 10 heavy (non-hydrogen) atoms. The second-order valence-electron chi connectivity index (χ2n) is 2.95. The minimum absolute atomic E-state index is 0.0791. The lowest BCUT2D eigenvalue weighted by Gasteiger charge is -2.22. The van der Waals surface area contributed by atoms with Crippen molar-refractivity contribution in [3.8, 4) is 0 Å². The summed E-state index contributed by atoms with van der Waals surface area (Å²) in [7, 11) is 0. The Bertz CT molecular complexity index is 81.3. The predicted molar refractivity (Wildman–Crippen MR) is 48.7 cm³/mol. The van der Waals surface area contributed by atoms with E-state index in [4.69, 9.17) is 4.74 Å². The highest BCUT2D eigenvalue weighted by atomic mass is 32.2. The zero-order chi connectivity index (χ0) is 8.04. The molecule has 1 nitrogen and oxygen atoms in total. The third kappa shape index (κ3) is 5.12. The van der Waals surface area contributed by atoms with Crippen LogP contribution in [0.5, 0.6) is 0 Å². The van der Waals surface area contributed by atoms with Gasteiger partial charge in [0.2, 0.25) is 0 Å². The molecule has 62 valence electrons. The lowest BCUT2D eigenvalue weighted by atomic mass is 10.1. The SMILES string of the molecule is CCC(C)(C)OCCSC. The van der Waals surface area contributed by atoms with Gasteiger partial charge in [-0.1, -0.05) is 6.92 Å². The van der Waals surface area contributed by atoms with Gasteiger partial charge in [0.05, 0.1) is 12.2 Å². The Hall–Kier alpha value is 0.310. The van der Waals surface area contributed by atoms with Crippen LogP contribution in [0.1, 0.15) is 27.2 Å². The monoisotopic (exact) mass is 162 g/mol. The number of hydrogen-bond acceptors (Lipinski definition) is 2. The van der Waals surface area contributed by atoms with Crippen LogP contribution in [0.15, 0.2) is 0 Å². The molecule has 0 aromatic carbocycles. The summed E-state index contributed by atoms with van der Waals surface area (Å²) >= 11 is 1.83. The van der Waals surface area contributed by atoms with E-state index in [2.05, 4.69) is 27.0 Å². The number of thioether (sulfide) groups is 1. The minimum atomic E-state index is 0.0791. The quantitative estimate of drug-likeness (QED) is 0.575. The first-order valence-electron chi connectivity index (χ1n) is 3.75. The van der Waals surface area contributed by atoms with Crippen molar-refractivity contribution in [2.45, 2.75) is 32.8 Å². The maximum Gasteiger partial charge on any atom is 0.0624 e. The van der Waals surface area contributed by atoms with Crippen LogP contribution in [0.25, 0.3) is 0 Å². The van der Waals surface area contributed by atoms with E-state index in [0.29, 0.717) is 0 Å². The molecular formula is C8H18OS. The second kappa shape index (κ2) is 5.03. The van der Waals surface area contributed by atoms with Crippen LogP contribution in [-0.2, 0) is 4.74 Å². The summed E-state index contributed by atoms with van der Waals surface area (Å²) in [5.74, 6) is 1.10. The summed E-state index contributed by atoms with van der Waals surface area (Å²) in [6.07, 6.45) is 3.18. The molecule has 0 aliphatic rings. The summed E-state index contributed by atoms with van der Waals surface area (Å²) in [5, 5.41) is 0. The molecule has 0 bridgehead atoms. The van der Waals surface area contributed by atoms with E-state index in [9.17, 15) is 0 Å². The molecule has 0 heterocycles. The van der Waals surface area contributed by atoms with Crippen LogP contribution in [0.2, 0.25) is 0 Å². The van der Waals surface area contributed by atoms with Crippen LogP contribution in [0.4, 0.5) is 0 Å². The van der Waals surface area contributed by atoms with Gasteiger partial charge in [0, 0.05) is 5.75 Å². The van der Waals surface area contributed by atoms with E-state index in [0.717, 1.165) is 18.8 Å². The lowest BCUT2D eigenvalue weighted by Crippen LogP contribution is -2.24. The van der Waals surface area contributed by atoms with Gasteiger partial charge in [-0.3, -0.25) is 0 Å². The van der Waals surface area contributed by atoms with E-state index in [1.54, 1.807) is 0 Å². The Morgan fingerprint density at radius 1 is 1.40 bits per heavy atom. The Morgan fingerprint density at radius 3 is 2.40 bits per heavy atom. The second-order valence-corrected chi connectivity index (χ2v) is 3.94. The average molecular weight is 162 g/mol. The van der Waals surface area contributed by atoms with Crippen molar-refractivity contribution in [3.63, 3.8) is 0 Å². The molecule has 0 amide bonds. The van der Waals surface area contributed by atoms with E-state index < -0.39 is 0 Å². The molecule has 0 aromatic heterocycles. The van der Waals surface area contributed by atoms with E-state index in [1.807, 2.05) is 11.8 Å². The van der Waals surface area contributed by atoms with Gasteiger partial charge in [-0.2, -0.15) is 11.8 Å². The van der Waals surface area contributed by atoms with E-state index in [1.165, 1.54) is 0 Å². The molecule has 0 aromatic rings. The predicted octanol–water partition coefficient (Wildman–Crippen LogP) is 2.55. The van der Waals surface area contributed by atoms with Gasteiger partial charge in [0.15, 0.2) is 0 Å². The summed E-state index contributed by atoms with van der Waals surface area (Å²) in [4.78, 5) is 0. The number of ether oxygens (including phenoxy) is 1. The van der Waals surface area contributed by atoms with Crippen molar-refractivity contribution >= 4 is 11.8 Å². The molecule has 0 saturated carbocycles. The summed E-state index contributed by atoms with van der Waals surface area (Å²) in [5.41, 5.74) is 0.0791. The smallest absolute Gasteiger partial charge is 0.0624 e. The van der Waals surface area contributed by atoms with Crippen LogP contribution in [0.3, 0.4) is 0 Å². The molecule has 0 aliphatic carbocycles. The zero-order valence-corrected chi connectivity index (χ0v) is 8.25. The Morgan fingerprint density at radius 2 is 2.00 bits per heavy atom. The molecule has 2 heteroatoms. The van der Waals surface area contributed by atoms with Crippen molar-refractivity contribution in [2.75, 3.05) is 18.6 Å². The topological polar surface area (TPSA) is 9.23 Å². The first-order chi connectivity index (χ1) is 4.62. The Kier molecular flexibility index (Phi) is 5.18. The van der Waals surface area contributed by atoms with Gasteiger partial charge >= 0.3 is 0 Å². The fraction of sp³-hybridized carbons (Fsp3) is 1.00. The minimum Gasteiger partial charge on any atom is -0.375 e. The zero-order valence-electron chi connectivity index (χ0n) is 7.44. The largest absolute Gasteiger partial charge is 0.375 e. The molecule has 0 fully saturated rings. The average Bonchev–Trinajstić information content (AvgIpc) is 1.89. The molecule has 0 atom stereocenters. The first-order valence-corrected chi connectivity index (χ1v) is 5.14. The molecule has 0 rings (SSSR count). The molecular weight excluding hydrogens is 144 g/mol. The molecule has 0 radical (unpaired) electrons. The molecule has 0 saturated heterocycles. The summed E-state index contributed by atoms with van der Waals surface area (Å²) in [6, 6.07) is 0. The van der Waals surface area contributed by atoms with Gasteiger partial charge in [-0.05, 0) is 26.5 Å². The van der Waals surface area contributed by atoms with Crippen LogP contribution in [-0.4, -0.2) is 24.2 Å². The van der Waals surface area contributed by atoms with Crippen LogP contribution < -0.4 is 0 Å². The van der Waals surface area contributed by atoms with Crippen molar-refractivity contribution in [1.82, 2.24) is 0 Å². The maximum absolute atomic E-state index is 5.60. The molecule has 0 aliphatic heterocycles. The fourth-order valence-electron chi connectivity index (χ4n) is 0.503. The highest BCUT2D eigenvalue weighted by Crippen LogP contribution is 2.13. The van der Waals surface area contributed by atoms with Crippen LogP contribution in [0, 0.1) is 0 Å². The van der Waals surface area contributed by atoms with Gasteiger partial charge in [-0.15, -0.1) is 0 Å². The number of hydrogen-bond donors (Lipinski definition) is 0. The lowest BCUT2D eigenvalue weighted by molar-refractivity contribution is -0.0109. The highest BCUT2D eigenvalue weighted by Gasteiger charge is 2.13. The standard InChI is InChI=1S/C8H18OS/c1-5-8(2,3)9-6-7-10-4/h5-7H2,1-4H3. The van der Waals surface area contributed by atoms with Gasteiger partial charge in [0.25, 0.3) is 0 Å². The summed E-state index contributed by atoms with van der Waals surface area (Å²) < 4.78 is 5.60. The van der Waals surface area contributed by atoms with Crippen molar-refractivity contribution in [1.29, 1.82) is 0 Å². The Labute approximate surface area is 68.5 Å². The van der Waals surface area contributed by atoms with E-state index >= 15 is 0 Å².